The monoisotopic (exact) mass is 550 g/mol. The molecule has 2 aromatic carbocycles. The molecule has 10 heteroatoms. The number of aromatic nitrogens is 1. The lowest BCUT2D eigenvalue weighted by Crippen LogP contribution is -2.42. The molecule has 0 spiro atoms. The van der Waals surface area contributed by atoms with Crippen molar-refractivity contribution in [1.29, 1.82) is 0 Å². The number of methoxy groups -OCH3 is 1. The Morgan fingerprint density at radius 1 is 0.923 bits per heavy atom. The standard InChI is InChI=1S/C29H30N2O7S/c1-5-36-19-12-8-17(9-13-19)16-21-22(30)24(28(33)38-7-3)31-23(21)26(29(34)35-4)39-25(27(31)32)18-10-14-20(15-11-18)37-6-2/h8-16,25H,5-7,30H2,1-4H3/b21-16+. The zero-order chi connectivity index (χ0) is 28.1. The predicted molar refractivity (Wildman–Crippen MR) is 149 cm³/mol. The average Bonchev–Trinajstić information content (AvgIpc) is 3.23. The summed E-state index contributed by atoms with van der Waals surface area (Å²) >= 11 is 1.05. The molecule has 0 aliphatic carbocycles. The summed E-state index contributed by atoms with van der Waals surface area (Å²) < 4.78 is 22.6. The van der Waals surface area contributed by atoms with E-state index in [0.717, 1.165) is 17.3 Å². The average molecular weight is 551 g/mol. The number of benzene rings is 2. The van der Waals surface area contributed by atoms with E-state index in [1.165, 1.54) is 11.7 Å². The molecule has 0 amide bonds. The van der Waals surface area contributed by atoms with Gasteiger partial charge in [0.05, 0.1) is 38.0 Å². The highest BCUT2D eigenvalue weighted by atomic mass is 32.2. The van der Waals surface area contributed by atoms with Gasteiger partial charge >= 0.3 is 11.9 Å². The molecular weight excluding hydrogens is 520 g/mol. The van der Waals surface area contributed by atoms with Crippen molar-refractivity contribution < 1.29 is 33.3 Å². The largest absolute Gasteiger partial charge is 0.494 e. The summed E-state index contributed by atoms with van der Waals surface area (Å²) in [5.74, 6) is -0.513. The van der Waals surface area contributed by atoms with Gasteiger partial charge in [-0.25, -0.2) is 9.59 Å². The van der Waals surface area contributed by atoms with Crippen LogP contribution in [0.2, 0.25) is 0 Å². The molecule has 1 aliphatic rings. The third-order valence-corrected chi connectivity index (χ3v) is 7.28. The van der Waals surface area contributed by atoms with E-state index >= 15 is 0 Å². The number of rotatable bonds is 9. The van der Waals surface area contributed by atoms with Crippen molar-refractivity contribution in [3.63, 3.8) is 0 Å². The Hall–Kier alpha value is -4.18. The Morgan fingerprint density at radius 2 is 1.51 bits per heavy atom. The summed E-state index contributed by atoms with van der Waals surface area (Å²) in [6, 6.07) is 14.2. The van der Waals surface area contributed by atoms with Crippen molar-refractivity contribution in [2.24, 2.45) is 0 Å². The molecule has 9 nitrogen and oxygen atoms in total. The summed E-state index contributed by atoms with van der Waals surface area (Å²) in [5.41, 5.74) is 7.77. The van der Waals surface area contributed by atoms with Crippen LogP contribution in [0.25, 0.3) is 11.0 Å². The Kier molecular flexibility index (Phi) is 8.65. The molecule has 1 aromatic heterocycles. The molecule has 2 heterocycles. The molecule has 0 bridgehead atoms. The van der Waals surface area contributed by atoms with Gasteiger partial charge in [-0.3, -0.25) is 9.36 Å². The second kappa shape index (κ2) is 12.1. The lowest BCUT2D eigenvalue weighted by Gasteiger charge is -2.23. The van der Waals surface area contributed by atoms with Crippen LogP contribution in [0, 0.1) is 0 Å². The number of ether oxygens (including phenoxy) is 4. The van der Waals surface area contributed by atoms with Crippen LogP contribution in [-0.2, 0) is 14.3 Å². The summed E-state index contributed by atoms with van der Waals surface area (Å²) in [6.07, 6.45) is 1.72. The van der Waals surface area contributed by atoms with E-state index in [9.17, 15) is 14.4 Å². The van der Waals surface area contributed by atoms with E-state index in [4.69, 9.17) is 24.7 Å². The van der Waals surface area contributed by atoms with Crippen LogP contribution in [0.3, 0.4) is 0 Å². The van der Waals surface area contributed by atoms with E-state index < -0.39 is 23.1 Å². The van der Waals surface area contributed by atoms with Crippen molar-refractivity contribution in [1.82, 2.24) is 4.57 Å². The van der Waals surface area contributed by atoms with E-state index in [0.29, 0.717) is 35.5 Å². The quantitative estimate of drug-likeness (QED) is 0.400. The number of anilines is 1. The van der Waals surface area contributed by atoms with Gasteiger partial charge in [-0.15, -0.1) is 0 Å². The minimum absolute atomic E-state index is 0.0278. The van der Waals surface area contributed by atoms with Gasteiger partial charge in [-0.05, 0) is 62.2 Å². The number of fused-ring (bicyclic) bond motifs is 1. The zero-order valence-corrected chi connectivity index (χ0v) is 23.0. The number of nitrogen functional groups attached to an aromatic ring is 1. The van der Waals surface area contributed by atoms with Crippen molar-refractivity contribution in [3.8, 4) is 11.5 Å². The number of nitrogens with two attached hydrogens (primary N) is 1. The molecule has 0 radical (unpaired) electrons. The fourth-order valence-electron chi connectivity index (χ4n) is 4.29. The van der Waals surface area contributed by atoms with Gasteiger partial charge in [0.15, 0.2) is 5.69 Å². The number of nitrogens with zero attached hydrogens (tertiary/aromatic N) is 1. The van der Waals surface area contributed by atoms with E-state index in [-0.39, 0.29) is 28.2 Å². The van der Waals surface area contributed by atoms with Gasteiger partial charge < -0.3 is 24.7 Å². The minimum Gasteiger partial charge on any atom is -0.494 e. The summed E-state index contributed by atoms with van der Waals surface area (Å²) in [6.45, 7) is 6.54. The topological polar surface area (TPSA) is 119 Å². The third kappa shape index (κ3) is 5.51. The van der Waals surface area contributed by atoms with Crippen LogP contribution >= 0.6 is 11.8 Å². The number of hydrogen-bond donors (Lipinski definition) is 1. The third-order valence-electron chi connectivity index (χ3n) is 5.98. The second-order valence-electron chi connectivity index (χ2n) is 8.39. The lowest BCUT2D eigenvalue weighted by molar-refractivity contribution is -0.133. The van der Waals surface area contributed by atoms with Crippen molar-refractivity contribution >= 4 is 46.3 Å². The van der Waals surface area contributed by atoms with Gasteiger partial charge in [-0.2, -0.15) is 0 Å². The molecule has 0 saturated heterocycles. The maximum atomic E-state index is 14.0. The molecule has 3 aromatic rings. The van der Waals surface area contributed by atoms with Gasteiger partial charge in [-0.1, -0.05) is 36.0 Å². The first-order chi connectivity index (χ1) is 18.8. The molecule has 204 valence electrons. The van der Waals surface area contributed by atoms with Crippen LogP contribution in [0.1, 0.15) is 52.4 Å². The number of hydrogen-bond acceptors (Lipinski definition) is 9. The van der Waals surface area contributed by atoms with Crippen LogP contribution in [0.15, 0.2) is 48.5 Å². The summed E-state index contributed by atoms with van der Waals surface area (Å²) in [5, 5.41) is -0.317. The predicted octanol–water partition coefficient (Wildman–Crippen LogP) is 3.28. The smallest absolute Gasteiger partial charge is 0.357 e. The van der Waals surface area contributed by atoms with Gasteiger partial charge in [0.2, 0.25) is 5.91 Å². The highest BCUT2D eigenvalue weighted by molar-refractivity contribution is 8.10. The Labute approximate surface area is 230 Å². The van der Waals surface area contributed by atoms with Crippen molar-refractivity contribution in [3.05, 3.63) is 75.9 Å². The summed E-state index contributed by atoms with van der Waals surface area (Å²) in [7, 11) is 1.26. The molecule has 0 saturated carbocycles. The Morgan fingerprint density at radius 3 is 2.05 bits per heavy atom. The van der Waals surface area contributed by atoms with Crippen molar-refractivity contribution in [2.45, 2.75) is 26.0 Å². The molecule has 1 atom stereocenters. The molecular formula is C29H30N2O7S. The first kappa shape index (κ1) is 27.8. The lowest BCUT2D eigenvalue weighted by atomic mass is 10.1. The first-order valence-corrected chi connectivity index (χ1v) is 13.4. The van der Waals surface area contributed by atoms with Crippen molar-refractivity contribution in [2.75, 3.05) is 32.7 Å². The van der Waals surface area contributed by atoms with Gasteiger partial charge in [0.25, 0.3) is 0 Å². The van der Waals surface area contributed by atoms with E-state index in [1.807, 2.05) is 26.0 Å². The number of thioether (sulfide) groups is 1. The Bertz CT molecular complexity index is 1510. The molecule has 1 unspecified atom stereocenters. The zero-order valence-electron chi connectivity index (χ0n) is 22.2. The van der Waals surface area contributed by atoms with E-state index in [1.54, 1.807) is 49.4 Å². The minimum atomic E-state index is -0.847. The molecule has 2 N–H and O–H groups in total. The van der Waals surface area contributed by atoms with Crippen LogP contribution < -0.4 is 25.8 Å². The second-order valence-corrected chi connectivity index (χ2v) is 9.50. The molecule has 39 heavy (non-hydrogen) atoms. The highest BCUT2D eigenvalue weighted by Crippen LogP contribution is 2.40. The summed E-state index contributed by atoms with van der Waals surface area (Å²) in [4.78, 5) is 40.3. The SMILES string of the molecule is CCOC(=O)c1c(N)/c(=C\c2ccc(OCC)cc2)c2n1C(=O)C(c1ccc(OCC)cc1)SC=2C(=O)OC. The fourth-order valence-corrected chi connectivity index (χ4v) is 5.52. The number of carbonyl (C=O) groups excluding carboxylic acids is 3. The van der Waals surface area contributed by atoms with Crippen LogP contribution in [-0.4, -0.2) is 49.3 Å². The highest BCUT2D eigenvalue weighted by Gasteiger charge is 2.38. The number of esters is 2. The van der Waals surface area contributed by atoms with Gasteiger partial charge in [0, 0.05) is 5.22 Å². The normalized spacial score (nSPS) is 15.1. The first-order valence-electron chi connectivity index (χ1n) is 12.5. The maximum absolute atomic E-state index is 14.0. The number of carbonyl (C=O) groups is 3. The maximum Gasteiger partial charge on any atom is 0.357 e. The van der Waals surface area contributed by atoms with Crippen LogP contribution in [0.4, 0.5) is 5.69 Å². The Balaban J connectivity index is 1.98. The molecule has 0 fully saturated rings. The fraction of sp³-hybridized carbons (Fsp3) is 0.276. The molecule has 1 aliphatic heterocycles. The van der Waals surface area contributed by atoms with Crippen LogP contribution in [0.5, 0.6) is 11.5 Å². The van der Waals surface area contributed by atoms with E-state index in [2.05, 4.69) is 0 Å². The molecule has 4 rings (SSSR count). The van der Waals surface area contributed by atoms with Gasteiger partial charge in [0.1, 0.15) is 21.7 Å².